The first-order valence-corrected chi connectivity index (χ1v) is 12.9. The van der Waals surface area contributed by atoms with Crippen LogP contribution in [0.1, 0.15) is 59.7 Å². The molecular formula is C24H30N6O2S. The third kappa shape index (κ3) is 3.91. The molecular weight excluding hydrogens is 436 g/mol. The predicted molar refractivity (Wildman–Crippen MR) is 129 cm³/mol. The first-order valence-electron chi connectivity index (χ1n) is 12.0. The summed E-state index contributed by atoms with van der Waals surface area (Å²) < 4.78 is 0. The molecule has 3 heterocycles. The number of nitrogens with zero attached hydrogens (tertiary/aromatic N) is 4. The smallest absolute Gasteiger partial charge is 0.270 e. The number of H-pyrrole nitrogens is 1. The maximum atomic E-state index is 12.8. The van der Waals surface area contributed by atoms with Gasteiger partial charge < -0.3 is 15.2 Å². The van der Waals surface area contributed by atoms with Crippen LogP contribution in [0.15, 0.2) is 16.3 Å². The molecule has 0 bridgehead atoms. The number of carbonyl (C=O) groups excluding carboxylic acids is 1. The summed E-state index contributed by atoms with van der Waals surface area (Å²) in [5.41, 5.74) is 4.15. The zero-order valence-electron chi connectivity index (χ0n) is 19.0. The SMILES string of the molecule is CNC(=O)c1csc(N2CCN(C3C=C(c4nc5c(c(=O)[nH]4)CC4(CC5)CC4)CC3)CC2)n1. The second-order valence-corrected chi connectivity index (χ2v) is 10.8. The maximum Gasteiger partial charge on any atom is 0.270 e. The molecule has 0 aromatic carbocycles. The van der Waals surface area contributed by atoms with Gasteiger partial charge in [0.15, 0.2) is 5.13 Å². The molecule has 4 aliphatic rings. The fourth-order valence-electron chi connectivity index (χ4n) is 5.61. The summed E-state index contributed by atoms with van der Waals surface area (Å²) in [4.78, 5) is 41.9. The van der Waals surface area contributed by atoms with E-state index in [4.69, 9.17) is 4.98 Å². The van der Waals surface area contributed by atoms with Crippen LogP contribution in [0.2, 0.25) is 0 Å². The summed E-state index contributed by atoms with van der Waals surface area (Å²) in [5, 5.41) is 5.37. The van der Waals surface area contributed by atoms with Crippen molar-refractivity contribution in [3.63, 3.8) is 0 Å². The Labute approximate surface area is 197 Å². The molecule has 2 fully saturated rings. The first kappa shape index (κ1) is 21.0. The molecule has 0 radical (unpaired) electrons. The Morgan fingerprint density at radius 3 is 2.76 bits per heavy atom. The van der Waals surface area contributed by atoms with E-state index in [-0.39, 0.29) is 11.5 Å². The summed E-state index contributed by atoms with van der Waals surface area (Å²) in [6, 6.07) is 0.385. The Balaban J connectivity index is 1.12. The van der Waals surface area contributed by atoms with E-state index in [1.54, 1.807) is 7.05 Å². The number of aryl methyl sites for hydroxylation is 1. The van der Waals surface area contributed by atoms with Gasteiger partial charge in [0, 0.05) is 50.2 Å². The van der Waals surface area contributed by atoms with Gasteiger partial charge in [-0.15, -0.1) is 11.3 Å². The summed E-state index contributed by atoms with van der Waals surface area (Å²) >= 11 is 1.53. The minimum absolute atomic E-state index is 0.0820. The van der Waals surface area contributed by atoms with E-state index in [9.17, 15) is 9.59 Å². The molecule has 9 heteroatoms. The van der Waals surface area contributed by atoms with Gasteiger partial charge >= 0.3 is 0 Å². The van der Waals surface area contributed by atoms with Crippen LogP contribution in [0.3, 0.4) is 0 Å². The van der Waals surface area contributed by atoms with Crippen molar-refractivity contribution in [3.8, 4) is 0 Å². The fourth-order valence-corrected chi connectivity index (χ4v) is 6.47. The number of fused-ring (bicyclic) bond motifs is 1. The third-order valence-corrected chi connectivity index (χ3v) is 8.82. The van der Waals surface area contributed by atoms with E-state index < -0.39 is 0 Å². The number of carbonyl (C=O) groups is 1. The number of nitrogens with one attached hydrogen (secondary N) is 2. The zero-order valence-corrected chi connectivity index (χ0v) is 19.8. The third-order valence-electron chi connectivity index (χ3n) is 7.91. The average Bonchev–Trinajstić information content (AvgIpc) is 3.23. The lowest BCUT2D eigenvalue weighted by Gasteiger charge is -2.37. The van der Waals surface area contributed by atoms with Crippen molar-refractivity contribution in [3.05, 3.63) is 44.6 Å². The molecule has 6 rings (SSSR count). The molecule has 2 N–H and O–H groups in total. The first-order chi connectivity index (χ1) is 16.0. The van der Waals surface area contributed by atoms with Gasteiger partial charge in [-0.3, -0.25) is 14.5 Å². The van der Waals surface area contributed by atoms with Crippen molar-refractivity contribution in [1.29, 1.82) is 0 Å². The van der Waals surface area contributed by atoms with Gasteiger partial charge in [-0.2, -0.15) is 0 Å². The molecule has 2 aromatic rings. The fraction of sp³-hybridized carbons (Fsp3) is 0.583. The van der Waals surface area contributed by atoms with Gasteiger partial charge in [0.25, 0.3) is 11.5 Å². The molecule has 8 nitrogen and oxygen atoms in total. The van der Waals surface area contributed by atoms with Crippen LogP contribution in [0, 0.1) is 5.41 Å². The second kappa shape index (κ2) is 8.06. The number of piperazine rings is 1. The lowest BCUT2D eigenvalue weighted by atomic mass is 9.84. The van der Waals surface area contributed by atoms with E-state index >= 15 is 0 Å². The Bertz CT molecular complexity index is 1170. The highest BCUT2D eigenvalue weighted by Gasteiger charge is 2.45. The molecule has 3 aliphatic carbocycles. The highest BCUT2D eigenvalue weighted by molar-refractivity contribution is 7.13. The molecule has 1 atom stereocenters. The predicted octanol–water partition coefficient (Wildman–Crippen LogP) is 2.22. The molecule has 1 spiro atoms. The second-order valence-electron chi connectivity index (χ2n) is 9.93. The zero-order chi connectivity index (χ0) is 22.6. The van der Waals surface area contributed by atoms with Crippen molar-refractivity contribution >= 4 is 27.9 Å². The van der Waals surface area contributed by atoms with Crippen LogP contribution in [-0.2, 0) is 12.8 Å². The lowest BCUT2D eigenvalue weighted by molar-refractivity contribution is 0.0959. The van der Waals surface area contributed by atoms with Crippen molar-refractivity contribution in [2.45, 2.75) is 51.0 Å². The molecule has 1 saturated heterocycles. The number of amides is 1. The molecule has 1 saturated carbocycles. The standard InChI is InChI=1S/C24H30N6O2S/c1-25-22(32)19-14-33-23(27-19)30-10-8-29(9-11-30)16-3-2-15(12-16)20-26-18-4-5-24(6-7-24)13-17(18)21(31)28-20/h12,14,16H,2-11,13H2,1H3,(H,25,32)(H,26,28,31). The van der Waals surface area contributed by atoms with Gasteiger partial charge in [-0.25, -0.2) is 9.97 Å². The summed E-state index contributed by atoms with van der Waals surface area (Å²) in [7, 11) is 1.63. The van der Waals surface area contributed by atoms with Crippen molar-refractivity contribution < 1.29 is 4.79 Å². The monoisotopic (exact) mass is 466 g/mol. The molecule has 2 aromatic heterocycles. The van der Waals surface area contributed by atoms with Crippen molar-refractivity contribution in [1.82, 2.24) is 25.2 Å². The van der Waals surface area contributed by atoms with Crippen LogP contribution >= 0.6 is 11.3 Å². The number of hydrogen-bond donors (Lipinski definition) is 2. The molecule has 1 unspecified atom stereocenters. The van der Waals surface area contributed by atoms with Crippen molar-refractivity contribution in [2.24, 2.45) is 5.41 Å². The maximum absolute atomic E-state index is 12.8. The summed E-state index contributed by atoms with van der Waals surface area (Å²) in [6.45, 7) is 3.71. The van der Waals surface area contributed by atoms with Gasteiger partial charge in [0.05, 0.1) is 5.69 Å². The van der Waals surface area contributed by atoms with Crippen LogP contribution in [0.4, 0.5) is 5.13 Å². The van der Waals surface area contributed by atoms with E-state index in [1.165, 1.54) is 36.2 Å². The highest BCUT2D eigenvalue weighted by Crippen LogP contribution is 2.53. The minimum Gasteiger partial charge on any atom is -0.354 e. The Hall–Kier alpha value is -2.52. The number of hydrogen-bond acceptors (Lipinski definition) is 7. The van der Waals surface area contributed by atoms with Gasteiger partial charge in [0.1, 0.15) is 11.5 Å². The van der Waals surface area contributed by atoms with Gasteiger partial charge in [-0.05, 0) is 55.9 Å². The number of aromatic nitrogens is 3. The van der Waals surface area contributed by atoms with E-state index in [1.807, 2.05) is 5.38 Å². The molecule has 1 amide bonds. The Morgan fingerprint density at radius 2 is 2.00 bits per heavy atom. The molecule has 174 valence electrons. The van der Waals surface area contributed by atoms with Crippen LogP contribution in [-0.4, -0.2) is 65.0 Å². The number of rotatable bonds is 4. The van der Waals surface area contributed by atoms with Gasteiger partial charge in [0.2, 0.25) is 0 Å². The van der Waals surface area contributed by atoms with Crippen LogP contribution in [0.25, 0.3) is 5.57 Å². The number of thiazole rings is 1. The van der Waals surface area contributed by atoms with E-state index in [0.717, 1.165) is 74.1 Å². The molecule has 1 aliphatic heterocycles. The van der Waals surface area contributed by atoms with E-state index in [0.29, 0.717) is 17.2 Å². The van der Waals surface area contributed by atoms with E-state index in [2.05, 4.69) is 31.2 Å². The minimum atomic E-state index is -0.138. The highest BCUT2D eigenvalue weighted by atomic mass is 32.1. The Morgan fingerprint density at radius 1 is 1.18 bits per heavy atom. The lowest BCUT2D eigenvalue weighted by Crippen LogP contribution is -2.49. The van der Waals surface area contributed by atoms with Crippen LogP contribution in [0.5, 0.6) is 0 Å². The summed E-state index contributed by atoms with van der Waals surface area (Å²) in [6.07, 6.45) is 9.93. The molecule has 33 heavy (non-hydrogen) atoms. The summed E-state index contributed by atoms with van der Waals surface area (Å²) in [5.74, 6) is 0.650. The average molecular weight is 467 g/mol. The Kier molecular flexibility index (Phi) is 5.14. The number of aromatic amines is 1. The number of anilines is 1. The van der Waals surface area contributed by atoms with Crippen molar-refractivity contribution in [2.75, 3.05) is 38.1 Å². The number of allylic oxidation sites excluding steroid dienone is 1. The largest absolute Gasteiger partial charge is 0.354 e. The topological polar surface area (TPSA) is 94.2 Å². The quantitative estimate of drug-likeness (QED) is 0.718. The van der Waals surface area contributed by atoms with Crippen LogP contribution < -0.4 is 15.8 Å². The normalized spacial score (nSPS) is 24.0. The van der Waals surface area contributed by atoms with Gasteiger partial charge in [-0.1, -0.05) is 6.08 Å².